The van der Waals surface area contributed by atoms with Crippen molar-refractivity contribution in [1.82, 2.24) is 20.0 Å². The number of nitrogens with zero attached hydrogens (tertiary/aromatic N) is 3. The summed E-state index contributed by atoms with van der Waals surface area (Å²) in [6.45, 7) is 2.66. The number of hydrogen-bond acceptors (Lipinski definition) is 5. The Morgan fingerprint density at radius 1 is 0.941 bits per heavy atom. The number of fused-ring (bicyclic) bond motifs is 1. The second kappa shape index (κ2) is 10.1. The van der Waals surface area contributed by atoms with Crippen molar-refractivity contribution in [1.29, 1.82) is 0 Å². The highest BCUT2D eigenvalue weighted by atomic mass is 16.3. The molecule has 0 aliphatic carbocycles. The lowest BCUT2D eigenvalue weighted by atomic mass is 10.1. The van der Waals surface area contributed by atoms with Gasteiger partial charge in [-0.3, -0.25) is 14.5 Å². The number of aromatic nitrogens is 2. The predicted molar refractivity (Wildman–Crippen MR) is 131 cm³/mol. The zero-order valence-corrected chi connectivity index (χ0v) is 19.0. The van der Waals surface area contributed by atoms with E-state index in [9.17, 15) is 9.59 Å². The molecular weight excluding hydrogens is 428 g/mol. The molecular formula is C27H28N4O3. The SMILES string of the molecule is O=C(NC[C@H](c1ccco1)N1CCCCC1)c1nn(Cc2ccccc2)c(=O)c2ccccc12. The summed E-state index contributed by atoms with van der Waals surface area (Å²) in [5, 5.41) is 8.61. The largest absolute Gasteiger partial charge is 0.468 e. The van der Waals surface area contributed by atoms with E-state index in [0.29, 0.717) is 23.9 Å². The molecule has 5 rings (SSSR count). The molecule has 3 heterocycles. The first-order valence-electron chi connectivity index (χ1n) is 11.8. The molecule has 0 radical (unpaired) electrons. The number of benzene rings is 2. The molecule has 1 amide bonds. The van der Waals surface area contributed by atoms with Gasteiger partial charge < -0.3 is 9.73 Å². The molecule has 34 heavy (non-hydrogen) atoms. The number of furan rings is 1. The number of carbonyl (C=O) groups excluding carboxylic acids is 1. The molecule has 7 heteroatoms. The molecule has 1 aliphatic rings. The van der Waals surface area contributed by atoms with Crippen LogP contribution in [0.5, 0.6) is 0 Å². The van der Waals surface area contributed by atoms with Gasteiger partial charge in [0.1, 0.15) is 5.76 Å². The van der Waals surface area contributed by atoms with E-state index in [-0.39, 0.29) is 23.2 Å². The standard InChI is InChI=1S/C27H28N4O3/c32-26(28-18-23(24-14-9-17-34-24)30-15-7-2-8-16-30)25-21-12-5-6-13-22(21)27(33)31(29-25)19-20-10-3-1-4-11-20/h1,3-6,9-14,17,23H,2,7-8,15-16,18-19H2,(H,28,32)/t23-/m1/s1. The van der Waals surface area contributed by atoms with Crippen molar-refractivity contribution >= 4 is 16.7 Å². The number of nitrogens with one attached hydrogen (secondary N) is 1. The maximum absolute atomic E-state index is 13.4. The fraction of sp³-hybridized carbons (Fsp3) is 0.296. The zero-order chi connectivity index (χ0) is 23.3. The van der Waals surface area contributed by atoms with Crippen LogP contribution in [-0.4, -0.2) is 40.2 Å². The molecule has 0 unspecified atom stereocenters. The summed E-state index contributed by atoms with van der Waals surface area (Å²) in [5.74, 6) is 0.542. The topological polar surface area (TPSA) is 80.4 Å². The molecule has 1 aliphatic heterocycles. The van der Waals surface area contributed by atoms with Crippen molar-refractivity contribution < 1.29 is 9.21 Å². The van der Waals surface area contributed by atoms with Crippen LogP contribution in [0.25, 0.3) is 10.8 Å². The molecule has 2 aromatic heterocycles. The van der Waals surface area contributed by atoms with Crippen LogP contribution in [0.2, 0.25) is 0 Å². The quantitative estimate of drug-likeness (QED) is 0.455. The first-order valence-corrected chi connectivity index (χ1v) is 11.8. The minimum absolute atomic E-state index is 0.0410. The van der Waals surface area contributed by atoms with Crippen LogP contribution in [0.4, 0.5) is 0 Å². The molecule has 4 aromatic rings. The Labute approximate surface area is 198 Å². The van der Waals surface area contributed by atoms with Gasteiger partial charge >= 0.3 is 0 Å². The van der Waals surface area contributed by atoms with Crippen LogP contribution in [0.3, 0.4) is 0 Å². The Bertz CT molecular complexity index is 1310. The normalized spacial score (nSPS) is 15.3. The number of carbonyl (C=O) groups is 1. The second-order valence-electron chi connectivity index (χ2n) is 8.68. The van der Waals surface area contributed by atoms with E-state index in [0.717, 1.165) is 37.3 Å². The molecule has 174 valence electrons. The van der Waals surface area contributed by atoms with E-state index in [1.54, 1.807) is 18.4 Å². The minimum atomic E-state index is -0.299. The lowest BCUT2D eigenvalue weighted by Gasteiger charge is -2.33. The summed E-state index contributed by atoms with van der Waals surface area (Å²) < 4.78 is 7.08. The van der Waals surface area contributed by atoms with Crippen molar-refractivity contribution in [2.45, 2.75) is 31.8 Å². The molecule has 7 nitrogen and oxygen atoms in total. The fourth-order valence-electron chi connectivity index (χ4n) is 4.66. The summed E-state index contributed by atoms with van der Waals surface area (Å²) in [7, 11) is 0. The summed E-state index contributed by atoms with van der Waals surface area (Å²) in [6.07, 6.45) is 5.18. The average molecular weight is 457 g/mol. The monoisotopic (exact) mass is 456 g/mol. The number of likely N-dealkylation sites (tertiary alicyclic amines) is 1. The molecule has 1 fully saturated rings. The average Bonchev–Trinajstić information content (AvgIpc) is 3.42. The van der Waals surface area contributed by atoms with Gasteiger partial charge in [-0.2, -0.15) is 5.10 Å². The van der Waals surface area contributed by atoms with Crippen LogP contribution in [0.15, 0.2) is 82.2 Å². The number of hydrogen-bond donors (Lipinski definition) is 1. The lowest BCUT2D eigenvalue weighted by Crippen LogP contribution is -2.41. The Morgan fingerprint density at radius 3 is 2.41 bits per heavy atom. The Morgan fingerprint density at radius 2 is 1.68 bits per heavy atom. The first-order chi connectivity index (χ1) is 16.7. The zero-order valence-electron chi connectivity index (χ0n) is 19.0. The maximum atomic E-state index is 13.4. The molecule has 1 atom stereocenters. The molecule has 0 bridgehead atoms. The highest BCUT2D eigenvalue weighted by Crippen LogP contribution is 2.25. The van der Waals surface area contributed by atoms with Crippen molar-refractivity contribution in [2.75, 3.05) is 19.6 Å². The number of rotatable bonds is 7. The van der Waals surface area contributed by atoms with Gasteiger partial charge in [-0.15, -0.1) is 0 Å². The highest BCUT2D eigenvalue weighted by molar-refractivity contribution is 6.04. The van der Waals surface area contributed by atoms with Gasteiger partial charge in [0.2, 0.25) is 0 Å². The third kappa shape index (κ3) is 4.65. The predicted octanol–water partition coefficient (Wildman–Crippen LogP) is 3.99. The van der Waals surface area contributed by atoms with Crippen molar-refractivity contribution in [3.05, 3.63) is 100 Å². The Hall–Kier alpha value is -3.71. The Balaban J connectivity index is 1.44. The first kappa shape index (κ1) is 22.1. The third-order valence-electron chi connectivity index (χ3n) is 6.42. The molecule has 2 aromatic carbocycles. The highest BCUT2D eigenvalue weighted by Gasteiger charge is 2.26. The maximum Gasteiger partial charge on any atom is 0.274 e. The van der Waals surface area contributed by atoms with Gasteiger partial charge in [0, 0.05) is 11.9 Å². The van der Waals surface area contributed by atoms with Crippen molar-refractivity contribution in [2.24, 2.45) is 0 Å². The second-order valence-corrected chi connectivity index (χ2v) is 8.68. The number of piperidine rings is 1. The van der Waals surface area contributed by atoms with Gasteiger partial charge in [-0.1, -0.05) is 55.0 Å². The lowest BCUT2D eigenvalue weighted by molar-refractivity contribution is 0.0909. The van der Waals surface area contributed by atoms with E-state index in [1.807, 2.05) is 54.6 Å². The summed E-state index contributed by atoms with van der Waals surface area (Å²) in [4.78, 5) is 28.8. The third-order valence-corrected chi connectivity index (χ3v) is 6.42. The molecule has 1 N–H and O–H groups in total. The summed E-state index contributed by atoms with van der Waals surface area (Å²) in [6, 6.07) is 20.6. The number of amides is 1. The van der Waals surface area contributed by atoms with Gasteiger partial charge in [-0.25, -0.2) is 4.68 Å². The van der Waals surface area contributed by atoms with Gasteiger partial charge in [-0.05, 0) is 49.7 Å². The summed E-state index contributed by atoms with van der Waals surface area (Å²) in [5.41, 5.74) is 0.988. The minimum Gasteiger partial charge on any atom is -0.468 e. The van der Waals surface area contributed by atoms with Crippen LogP contribution in [-0.2, 0) is 6.54 Å². The van der Waals surface area contributed by atoms with Crippen molar-refractivity contribution in [3.8, 4) is 0 Å². The van der Waals surface area contributed by atoms with Crippen LogP contribution in [0.1, 0.15) is 47.1 Å². The Kier molecular flexibility index (Phi) is 6.53. The van der Waals surface area contributed by atoms with Crippen LogP contribution in [0, 0.1) is 0 Å². The van der Waals surface area contributed by atoms with Gasteiger partial charge in [0.25, 0.3) is 11.5 Å². The van der Waals surface area contributed by atoms with Crippen molar-refractivity contribution in [3.63, 3.8) is 0 Å². The molecule has 0 spiro atoms. The van der Waals surface area contributed by atoms with E-state index >= 15 is 0 Å². The van der Waals surface area contributed by atoms with Gasteiger partial charge in [0.05, 0.1) is 24.2 Å². The van der Waals surface area contributed by atoms with Crippen LogP contribution < -0.4 is 10.9 Å². The van der Waals surface area contributed by atoms with E-state index in [2.05, 4.69) is 15.3 Å². The molecule has 1 saturated heterocycles. The van der Waals surface area contributed by atoms with E-state index < -0.39 is 0 Å². The van der Waals surface area contributed by atoms with E-state index in [1.165, 1.54) is 11.1 Å². The molecule has 0 saturated carbocycles. The fourth-order valence-corrected chi connectivity index (χ4v) is 4.66. The van der Waals surface area contributed by atoms with Crippen LogP contribution >= 0.6 is 0 Å². The smallest absolute Gasteiger partial charge is 0.274 e. The van der Waals surface area contributed by atoms with E-state index in [4.69, 9.17) is 4.42 Å². The van der Waals surface area contributed by atoms with Gasteiger partial charge in [0.15, 0.2) is 5.69 Å². The summed E-state index contributed by atoms with van der Waals surface area (Å²) >= 11 is 0.